The van der Waals surface area contributed by atoms with Gasteiger partial charge in [0.05, 0.1) is 19.8 Å². The van der Waals surface area contributed by atoms with Gasteiger partial charge >= 0.3 is 11.9 Å². The van der Waals surface area contributed by atoms with E-state index in [1.807, 2.05) is 42.5 Å². The van der Waals surface area contributed by atoms with Crippen molar-refractivity contribution in [1.82, 2.24) is 0 Å². The van der Waals surface area contributed by atoms with Crippen LogP contribution >= 0.6 is 0 Å². The summed E-state index contributed by atoms with van der Waals surface area (Å²) in [4.78, 5) is 25.7. The molecule has 2 aliphatic heterocycles. The topological polar surface area (TPSA) is 231 Å². The predicted molar refractivity (Wildman–Crippen MR) is 252 cm³/mol. The molecule has 376 valence electrons. The molecular formula is C51H82O15. The second kappa shape index (κ2) is 37.6. The number of allylic oxidation sites excluding steroid dienone is 14. The van der Waals surface area contributed by atoms with Gasteiger partial charge in [0.25, 0.3) is 0 Å². The first-order valence-electron chi connectivity index (χ1n) is 24.2. The van der Waals surface area contributed by atoms with Crippen molar-refractivity contribution in [1.29, 1.82) is 0 Å². The van der Waals surface area contributed by atoms with Crippen molar-refractivity contribution in [3.05, 3.63) is 85.1 Å². The van der Waals surface area contributed by atoms with Crippen LogP contribution in [0.4, 0.5) is 0 Å². The number of unbranched alkanes of at least 4 members (excludes halogenated alkanes) is 10. The lowest BCUT2D eigenvalue weighted by Gasteiger charge is -2.42. The lowest BCUT2D eigenvalue weighted by molar-refractivity contribution is -0.332. The third kappa shape index (κ3) is 25.7. The Morgan fingerprint density at radius 2 is 1.03 bits per heavy atom. The summed E-state index contributed by atoms with van der Waals surface area (Å²) < 4.78 is 33.4. The highest BCUT2D eigenvalue weighted by Crippen LogP contribution is 2.26. The van der Waals surface area contributed by atoms with Crippen molar-refractivity contribution in [2.45, 2.75) is 197 Å². The molecule has 15 heteroatoms. The van der Waals surface area contributed by atoms with Gasteiger partial charge in [-0.15, -0.1) is 0 Å². The number of carbonyl (C=O) groups is 2. The Kier molecular flexibility index (Phi) is 33.5. The van der Waals surface area contributed by atoms with Gasteiger partial charge in [-0.25, -0.2) is 0 Å². The fourth-order valence-corrected chi connectivity index (χ4v) is 6.95. The molecule has 0 aromatic heterocycles. The molecule has 0 aromatic carbocycles. The number of aliphatic hydroxyl groups excluding tert-OH is 7. The number of rotatable bonds is 35. The summed E-state index contributed by atoms with van der Waals surface area (Å²) in [5.74, 6) is -1.04. The van der Waals surface area contributed by atoms with Crippen LogP contribution in [0.2, 0.25) is 0 Å². The third-order valence-electron chi connectivity index (χ3n) is 11.0. The van der Waals surface area contributed by atoms with E-state index in [9.17, 15) is 45.3 Å². The van der Waals surface area contributed by atoms with E-state index in [1.165, 1.54) is 38.5 Å². The van der Waals surface area contributed by atoms with Gasteiger partial charge < -0.3 is 64.2 Å². The fraction of sp³-hybridized carbons (Fsp3) is 0.686. The maximum absolute atomic E-state index is 12.9. The van der Waals surface area contributed by atoms with Crippen LogP contribution in [0.1, 0.15) is 129 Å². The van der Waals surface area contributed by atoms with E-state index in [-0.39, 0.29) is 19.4 Å². The number of hydrogen-bond donors (Lipinski definition) is 7. The van der Waals surface area contributed by atoms with Crippen molar-refractivity contribution in [2.24, 2.45) is 0 Å². The van der Waals surface area contributed by atoms with Crippen molar-refractivity contribution in [2.75, 3.05) is 26.4 Å². The molecule has 0 amide bonds. The number of ether oxygens (including phenoxy) is 6. The van der Waals surface area contributed by atoms with Gasteiger partial charge in [0, 0.05) is 12.8 Å². The maximum atomic E-state index is 12.9. The molecule has 0 bridgehead atoms. The summed E-state index contributed by atoms with van der Waals surface area (Å²) in [6, 6.07) is 0. The molecule has 2 saturated heterocycles. The normalized spacial score (nSPS) is 26.9. The molecule has 0 spiro atoms. The molecule has 11 atom stereocenters. The molecule has 2 heterocycles. The molecule has 0 radical (unpaired) electrons. The van der Waals surface area contributed by atoms with Gasteiger partial charge in [-0.3, -0.25) is 9.59 Å². The van der Waals surface area contributed by atoms with Crippen LogP contribution in [-0.4, -0.2) is 142 Å². The van der Waals surface area contributed by atoms with Crippen LogP contribution in [0.15, 0.2) is 85.1 Å². The van der Waals surface area contributed by atoms with E-state index in [0.29, 0.717) is 19.3 Å². The standard InChI is InChI=1S/C51H82O15/c1-3-5-7-9-11-13-15-17-18-19-20-22-23-25-27-29-31-33-42(53)61-36-39(64-43(54)34-32-30-28-26-24-21-16-14-12-10-8-6-4-2)37-62-50-49(60)47(58)45(56)41(66-50)38-63-51-48(59)46(57)44(55)40(35-52)65-51/h6,8,10,12,14,16-18,20-22,24-25,27,39-41,44-52,55-60H,3-5,7,9,11,13,15,19,23,26,28-38H2,1-2H3/b8-6+,12-10+,16-14+,18-17+,22-20+,24-21+,27-25+/t39?,40-,41-,44+,45+,46?,47?,48?,49?,50-,51-/m1/s1. The van der Waals surface area contributed by atoms with Gasteiger partial charge in [-0.05, 0) is 64.2 Å². The summed E-state index contributed by atoms with van der Waals surface area (Å²) in [7, 11) is 0. The van der Waals surface area contributed by atoms with Crippen LogP contribution < -0.4 is 0 Å². The fourth-order valence-electron chi connectivity index (χ4n) is 6.95. The highest BCUT2D eigenvalue weighted by molar-refractivity contribution is 5.70. The Bertz CT molecular complexity index is 1470. The zero-order chi connectivity index (χ0) is 48.2. The minimum atomic E-state index is -1.78. The van der Waals surface area contributed by atoms with E-state index in [2.05, 4.69) is 56.4 Å². The summed E-state index contributed by atoms with van der Waals surface area (Å²) in [6.45, 7) is 2.31. The second-order valence-electron chi connectivity index (χ2n) is 16.6. The van der Waals surface area contributed by atoms with Crippen molar-refractivity contribution >= 4 is 11.9 Å². The Hall–Kier alpha value is -3.32. The Balaban J connectivity index is 1.87. The predicted octanol–water partition coefficient (Wildman–Crippen LogP) is 6.04. The van der Waals surface area contributed by atoms with Crippen LogP contribution in [0.25, 0.3) is 0 Å². The van der Waals surface area contributed by atoms with Gasteiger partial charge in [0.2, 0.25) is 0 Å². The molecule has 15 nitrogen and oxygen atoms in total. The Morgan fingerprint density at radius 1 is 0.515 bits per heavy atom. The maximum Gasteiger partial charge on any atom is 0.306 e. The van der Waals surface area contributed by atoms with Crippen LogP contribution in [0.3, 0.4) is 0 Å². The van der Waals surface area contributed by atoms with Crippen LogP contribution in [0, 0.1) is 0 Å². The molecule has 5 unspecified atom stereocenters. The SMILES string of the molecule is CC/C=C/C=C/C=C/C=C/CCCCCC(=O)OC(COC(=O)CCC/C=C/C/C=C/C/C=C/CCCCCCCC)CO[C@@H]1O[C@H](CO[C@@H]2O[C@H](CO)[C@H](O)C(O)C2O)[C@H](O)C(O)C1O. The average molecular weight is 935 g/mol. The summed E-state index contributed by atoms with van der Waals surface area (Å²) in [5, 5.41) is 71.9. The quantitative estimate of drug-likeness (QED) is 0.0166. The molecule has 0 aromatic rings. The number of hydrogen-bond acceptors (Lipinski definition) is 15. The molecule has 66 heavy (non-hydrogen) atoms. The van der Waals surface area contributed by atoms with E-state index in [0.717, 1.165) is 44.9 Å². The third-order valence-corrected chi connectivity index (χ3v) is 11.0. The number of carbonyl (C=O) groups excluding carboxylic acids is 2. The highest BCUT2D eigenvalue weighted by atomic mass is 16.7. The largest absolute Gasteiger partial charge is 0.462 e. The first kappa shape index (κ1) is 58.8. The lowest BCUT2D eigenvalue weighted by Crippen LogP contribution is -2.61. The van der Waals surface area contributed by atoms with Crippen molar-refractivity contribution in [3.8, 4) is 0 Å². The van der Waals surface area contributed by atoms with Crippen molar-refractivity contribution in [3.63, 3.8) is 0 Å². The smallest absolute Gasteiger partial charge is 0.306 e. The van der Waals surface area contributed by atoms with Gasteiger partial charge in [-0.2, -0.15) is 0 Å². The number of esters is 2. The minimum Gasteiger partial charge on any atom is -0.462 e. The van der Waals surface area contributed by atoms with E-state index in [1.54, 1.807) is 0 Å². The molecule has 7 N–H and O–H groups in total. The highest BCUT2D eigenvalue weighted by Gasteiger charge is 2.47. The first-order valence-corrected chi connectivity index (χ1v) is 24.2. The number of aliphatic hydroxyl groups is 7. The van der Waals surface area contributed by atoms with E-state index >= 15 is 0 Å². The zero-order valence-electron chi connectivity index (χ0n) is 39.4. The monoisotopic (exact) mass is 935 g/mol. The molecule has 0 saturated carbocycles. The second-order valence-corrected chi connectivity index (χ2v) is 16.6. The summed E-state index contributed by atoms with van der Waals surface area (Å²) in [5.41, 5.74) is 0. The van der Waals surface area contributed by atoms with E-state index in [4.69, 9.17) is 28.4 Å². The lowest BCUT2D eigenvalue weighted by atomic mass is 9.98. The molecular weight excluding hydrogens is 853 g/mol. The van der Waals surface area contributed by atoms with Crippen molar-refractivity contribution < 1.29 is 73.8 Å². The Labute approximate surface area is 393 Å². The summed E-state index contributed by atoms with van der Waals surface area (Å²) >= 11 is 0. The van der Waals surface area contributed by atoms with Crippen LogP contribution in [0.5, 0.6) is 0 Å². The molecule has 2 aliphatic rings. The average Bonchev–Trinajstić information content (AvgIpc) is 3.31. The van der Waals surface area contributed by atoms with Gasteiger partial charge in [0.1, 0.15) is 55.4 Å². The van der Waals surface area contributed by atoms with E-state index < -0.39 is 99.3 Å². The van der Waals surface area contributed by atoms with Gasteiger partial charge in [-0.1, -0.05) is 137 Å². The minimum absolute atomic E-state index is 0.104. The summed E-state index contributed by atoms with van der Waals surface area (Å²) in [6.07, 6.45) is 27.8. The molecule has 2 fully saturated rings. The van der Waals surface area contributed by atoms with Crippen LogP contribution in [-0.2, 0) is 38.0 Å². The zero-order valence-corrected chi connectivity index (χ0v) is 39.4. The molecule has 0 aliphatic carbocycles. The van der Waals surface area contributed by atoms with Gasteiger partial charge in [0.15, 0.2) is 18.7 Å². The molecule has 2 rings (SSSR count). The first-order chi connectivity index (χ1) is 32.0. The Morgan fingerprint density at radius 3 is 1.68 bits per heavy atom.